The fourth-order valence-corrected chi connectivity index (χ4v) is 2.39. The van der Waals surface area contributed by atoms with Crippen molar-refractivity contribution in [2.75, 3.05) is 6.54 Å². The second kappa shape index (κ2) is 5.72. The van der Waals surface area contributed by atoms with Crippen molar-refractivity contribution in [2.45, 2.75) is 38.9 Å². The van der Waals surface area contributed by atoms with Crippen LogP contribution in [0, 0.1) is 0 Å². The lowest BCUT2D eigenvalue weighted by Crippen LogP contribution is -2.41. The fourth-order valence-electron chi connectivity index (χ4n) is 2.26. The van der Waals surface area contributed by atoms with Crippen molar-refractivity contribution in [2.24, 2.45) is 0 Å². The largest absolute Gasteiger partial charge is 0.337 e. The standard InChI is InChI=1S/C14H19ClN2O/c1-10(2)16-13-7-8-17(14(13)18)9-11-3-5-12(15)6-4-11/h3-6,10,13,16H,7-9H2,1-2H3. The third-order valence-corrected chi connectivity index (χ3v) is 3.37. The predicted molar refractivity (Wildman–Crippen MR) is 73.5 cm³/mol. The zero-order chi connectivity index (χ0) is 13.1. The number of nitrogens with one attached hydrogen (secondary N) is 1. The fraction of sp³-hybridized carbons (Fsp3) is 0.500. The second-order valence-electron chi connectivity index (χ2n) is 5.05. The minimum Gasteiger partial charge on any atom is -0.337 e. The van der Waals surface area contributed by atoms with E-state index in [1.165, 1.54) is 0 Å². The van der Waals surface area contributed by atoms with Crippen LogP contribution in [0.2, 0.25) is 5.02 Å². The molecule has 1 amide bonds. The predicted octanol–water partition coefficient (Wildman–Crippen LogP) is 2.44. The van der Waals surface area contributed by atoms with E-state index in [1.807, 2.05) is 29.2 Å². The normalized spacial score (nSPS) is 19.9. The first-order chi connectivity index (χ1) is 8.56. The van der Waals surface area contributed by atoms with E-state index in [0.29, 0.717) is 12.6 Å². The molecular formula is C14H19ClN2O. The average Bonchev–Trinajstić information content (AvgIpc) is 2.64. The van der Waals surface area contributed by atoms with Crippen LogP contribution in [0.4, 0.5) is 0 Å². The van der Waals surface area contributed by atoms with E-state index in [2.05, 4.69) is 19.2 Å². The Morgan fingerprint density at radius 1 is 1.39 bits per heavy atom. The molecule has 1 aliphatic heterocycles. The maximum atomic E-state index is 12.1. The molecule has 1 unspecified atom stereocenters. The number of rotatable bonds is 4. The summed E-state index contributed by atoms with van der Waals surface area (Å²) in [6, 6.07) is 7.99. The highest BCUT2D eigenvalue weighted by atomic mass is 35.5. The number of halogens is 1. The maximum Gasteiger partial charge on any atom is 0.240 e. The molecule has 4 heteroatoms. The first-order valence-corrected chi connectivity index (χ1v) is 6.73. The van der Waals surface area contributed by atoms with Gasteiger partial charge in [-0.15, -0.1) is 0 Å². The molecule has 0 aromatic heterocycles. The van der Waals surface area contributed by atoms with Crippen molar-refractivity contribution in [1.29, 1.82) is 0 Å². The second-order valence-corrected chi connectivity index (χ2v) is 5.49. The molecule has 98 valence electrons. The van der Waals surface area contributed by atoms with Crippen molar-refractivity contribution in [1.82, 2.24) is 10.2 Å². The Labute approximate surface area is 113 Å². The van der Waals surface area contributed by atoms with Crippen LogP contribution in [0.1, 0.15) is 25.8 Å². The van der Waals surface area contributed by atoms with Crippen molar-refractivity contribution in [3.05, 3.63) is 34.9 Å². The van der Waals surface area contributed by atoms with Crippen LogP contribution >= 0.6 is 11.6 Å². The lowest BCUT2D eigenvalue weighted by atomic mass is 10.2. The van der Waals surface area contributed by atoms with Crippen LogP contribution in [-0.4, -0.2) is 29.4 Å². The van der Waals surface area contributed by atoms with Crippen molar-refractivity contribution >= 4 is 17.5 Å². The number of carbonyl (C=O) groups excluding carboxylic acids is 1. The summed E-state index contributed by atoms with van der Waals surface area (Å²) in [4.78, 5) is 14.1. The van der Waals surface area contributed by atoms with Crippen LogP contribution in [-0.2, 0) is 11.3 Å². The van der Waals surface area contributed by atoms with Crippen LogP contribution in [0.15, 0.2) is 24.3 Å². The Kier molecular flexibility index (Phi) is 4.25. The van der Waals surface area contributed by atoms with Gasteiger partial charge in [0.2, 0.25) is 5.91 Å². The number of amides is 1. The van der Waals surface area contributed by atoms with Gasteiger partial charge in [0.15, 0.2) is 0 Å². The number of likely N-dealkylation sites (tertiary alicyclic amines) is 1. The molecule has 18 heavy (non-hydrogen) atoms. The minimum atomic E-state index is -0.0164. The van der Waals surface area contributed by atoms with E-state index in [1.54, 1.807) is 0 Å². The molecule has 3 nitrogen and oxygen atoms in total. The molecule has 1 aromatic carbocycles. The summed E-state index contributed by atoms with van der Waals surface area (Å²) < 4.78 is 0. The molecule has 1 aromatic rings. The van der Waals surface area contributed by atoms with Gasteiger partial charge in [0.05, 0.1) is 6.04 Å². The SMILES string of the molecule is CC(C)NC1CCN(Cc2ccc(Cl)cc2)C1=O. The van der Waals surface area contributed by atoms with Gasteiger partial charge in [0.1, 0.15) is 0 Å². The summed E-state index contributed by atoms with van der Waals surface area (Å²) in [5.74, 6) is 0.207. The van der Waals surface area contributed by atoms with Crippen LogP contribution < -0.4 is 5.32 Å². The molecular weight excluding hydrogens is 248 g/mol. The van der Waals surface area contributed by atoms with Gasteiger partial charge in [-0.2, -0.15) is 0 Å². The van der Waals surface area contributed by atoms with Crippen LogP contribution in [0.3, 0.4) is 0 Å². The summed E-state index contributed by atoms with van der Waals surface area (Å²) in [6.07, 6.45) is 0.893. The van der Waals surface area contributed by atoms with Crippen LogP contribution in [0.25, 0.3) is 0 Å². The first kappa shape index (κ1) is 13.4. The summed E-state index contributed by atoms with van der Waals surface area (Å²) >= 11 is 5.85. The highest BCUT2D eigenvalue weighted by Gasteiger charge is 2.31. The molecule has 0 aliphatic carbocycles. The highest BCUT2D eigenvalue weighted by molar-refractivity contribution is 6.30. The van der Waals surface area contributed by atoms with Gasteiger partial charge in [-0.1, -0.05) is 37.6 Å². The molecule has 0 saturated carbocycles. The summed E-state index contributed by atoms with van der Waals surface area (Å²) in [6.45, 7) is 5.63. The van der Waals surface area contributed by atoms with Gasteiger partial charge in [0, 0.05) is 24.2 Å². The molecule has 1 fully saturated rings. The van der Waals surface area contributed by atoms with E-state index in [0.717, 1.165) is 23.6 Å². The minimum absolute atomic E-state index is 0.0164. The number of hydrogen-bond acceptors (Lipinski definition) is 2. The monoisotopic (exact) mass is 266 g/mol. The zero-order valence-electron chi connectivity index (χ0n) is 10.8. The average molecular weight is 267 g/mol. The third kappa shape index (κ3) is 3.24. The van der Waals surface area contributed by atoms with E-state index in [9.17, 15) is 4.79 Å². The Hall–Kier alpha value is -1.06. The Bertz CT molecular complexity index is 416. The summed E-state index contributed by atoms with van der Waals surface area (Å²) in [5.41, 5.74) is 1.12. The molecule has 1 N–H and O–H groups in total. The van der Waals surface area contributed by atoms with Crippen LogP contribution in [0.5, 0.6) is 0 Å². The topological polar surface area (TPSA) is 32.3 Å². The molecule has 1 heterocycles. The maximum absolute atomic E-state index is 12.1. The van der Waals surface area contributed by atoms with Gasteiger partial charge in [-0.05, 0) is 24.1 Å². The van der Waals surface area contributed by atoms with Crippen molar-refractivity contribution in [3.8, 4) is 0 Å². The summed E-state index contributed by atoms with van der Waals surface area (Å²) in [5, 5.41) is 4.03. The third-order valence-electron chi connectivity index (χ3n) is 3.12. The quantitative estimate of drug-likeness (QED) is 0.908. The molecule has 0 radical (unpaired) electrons. The lowest BCUT2D eigenvalue weighted by Gasteiger charge is -2.18. The smallest absolute Gasteiger partial charge is 0.240 e. The van der Waals surface area contributed by atoms with Gasteiger partial charge < -0.3 is 10.2 Å². The lowest BCUT2D eigenvalue weighted by molar-refractivity contribution is -0.130. The van der Waals surface area contributed by atoms with Gasteiger partial charge >= 0.3 is 0 Å². The first-order valence-electron chi connectivity index (χ1n) is 6.35. The summed E-state index contributed by atoms with van der Waals surface area (Å²) in [7, 11) is 0. The molecule has 0 bridgehead atoms. The van der Waals surface area contributed by atoms with E-state index in [-0.39, 0.29) is 11.9 Å². The number of nitrogens with zero attached hydrogens (tertiary/aromatic N) is 1. The highest BCUT2D eigenvalue weighted by Crippen LogP contribution is 2.17. The number of carbonyl (C=O) groups is 1. The Morgan fingerprint density at radius 3 is 2.67 bits per heavy atom. The molecule has 1 aliphatic rings. The number of benzene rings is 1. The zero-order valence-corrected chi connectivity index (χ0v) is 11.6. The van der Waals surface area contributed by atoms with Gasteiger partial charge in [-0.25, -0.2) is 0 Å². The van der Waals surface area contributed by atoms with E-state index < -0.39 is 0 Å². The van der Waals surface area contributed by atoms with E-state index in [4.69, 9.17) is 11.6 Å². The number of hydrogen-bond donors (Lipinski definition) is 1. The van der Waals surface area contributed by atoms with E-state index >= 15 is 0 Å². The Morgan fingerprint density at radius 2 is 2.06 bits per heavy atom. The molecule has 2 rings (SSSR count). The molecule has 0 spiro atoms. The molecule has 1 atom stereocenters. The Balaban J connectivity index is 1.95. The van der Waals surface area contributed by atoms with Crippen molar-refractivity contribution in [3.63, 3.8) is 0 Å². The van der Waals surface area contributed by atoms with Gasteiger partial charge in [-0.3, -0.25) is 4.79 Å². The van der Waals surface area contributed by atoms with Crippen molar-refractivity contribution < 1.29 is 4.79 Å². The van der Waals surface area contributed by atoms with Gasteiger partial charge in [0.25, 0.3) is 0 Å². The molecule has 1 saturated heterocycles.